The molecule has 146 valence electrons. The molecule has 0 spiro atoms. The first-order valence-electron chi connectivity index (χ1n) is 9.29. The minimum atomic E-state index is -1.19. The van der Waals surface area contributed by atoms with E-state index >= 15 is 0 Å². The average Bonchev–Trinajstić information content (AvgIpc) is 2.95. The largest absolute Gasteiger partial charge is 0.462 e. The second-order valence-electron chi connectivity index (χ2n) is 7.75. The maximum absolute atomic E-state index is 13.1. The first kappa shape index (κ1) is 21.1. The molecule has 0 N–H and O–H groups in total. The quantitative estimate of drug-likeness (QED) is 0.275. The third-order valence-electron chi connectivity index (χ3n) is 4.30. The van der Waals surface area contributed by atoms with Crippen LogP contribution in [0.3, 0.4) is 0 Å². The van der Waals surface area contributed by atoms with Gasteiger partial charge in [0, 0.05) is 26.4 Å². The molecule has 0 saturated heterocycles. The smallest absolute Gasteiger partial charge is 0.339 e. The van der Waals surface area contributed by atoms with Crippen molar-refractivity contribution in [2.75, 3.05) is 13.2 Å². The number of rotatable bonds is 9. The van der Waals surface area contributed by atoms with Crippen LogP contribution in [0, 0.1) is 6.92 Å². The zero-order chi connectivity index (χ0) is 20.0. The predicted octanol–water partition coefficient (Wildman–Crippen LogP) is 4.52. The first-order chi connectivity index (χ1) is 12.7. The number of benzene rings is 1. The third-order valence-corrected chi connectivity index (χ3v) is 6.01. The number of ether oxygens (including phenoxy) is 2. The van der Waals surface area contributed by atoms with Gasteiger partial charge in [-0.05, 0) is 25.5 Å². The zero-order valence-corrected chi connectivity index (χ0v) is 17.9. The molecule has 0 unspecified atom stereocenters. The highest BCUT2D eigenvalue weighted by molar-refractivity contribution is 6.76. The van der Waals surface area contributed by atoms with Crippen molar-refractivity contribution in [1.29, 1.82) is 0 Å². The summed E-state index contributed by atoms with van der Waals surface area (Å²) in [5.41, 5.74) is 2.08. The molecule has 0 aliphatic heterocycles. The van der Waals surface area contributed by atoms with Crippen molar-refractivity contribution >= 4 is 19.8 Å². The van der Waals surface area contributed by atoms with Crippen LogP contribution in [0.15, 0.2) is 36.5 Å². The fourth-order valence-corrected chi connectivity index (χ4v) is 3.50. The minimum absolute atomic E-state index is 0.127. The lowest BCUT2D eigenvalue weighted by molar-refractivity contribution is 0.0524. The maximum atomic E-state index is 13.1. The van der Waals surface area contributed by atoms with Crippen LogP contribution in [0.25, 0.3) is 0 Å². The topological polar surface area (TPSA) is 57.5 Å². The summed E-state index contributed by atoms with van der Waals surface area (Å²) in [5, 5.41) is 0. The van der Waals surface area contributed by atoms with Crippen LogP contribution >= 0.6 is 0 Å². The van der Waals surface area contributed by atoms with E-state index in [-0.39, 0.29) is 19.1 Å². The van der Waals surface area contributed by atoms with Gasteiger partial charge in [-0.3, -0.25) is 4.79 Å². The molecule has 2 rings (SSSR count). The number of nitrogens with zero attached hydrogens (tertiary/aromatic N) is 1. The number of ketones is 1. The summed E-state index contributed by atoms with van der Waals surface area (Å²) in [6.07, 6.45) is 1.66. The second-order valence-corrected chi connectivity index (χ2v) is 13.4. The van der Waals surface area contributed by atoms with Crippen molar-refractivity contribution in [2.45, 2.75) is 46.3 Å². The molecule has 1 aromatic carbocycles. The van der Waals surface area contributed by atoms with Crippen LogP contribution in [-0.4, -0.2) is 37.6 Å². The molecule has 0 fully saturated rings. The first-order valence-corrected chi connectivity index (χ1v) is 13.0. The van der Waals surface area contributed by atoms with Crippen molar-refractivity contribution in [2.24, 2.45) is 0 Å². The molecule has 1 aromatic heterocycles. The summed E-state index contributed by atoms with van der Waals surface area (Å²) in [6.45, 7) is 11.6. The second kappa shape index (κ2) is 9.15. The van der Waals surface area contributed by atoms with E-state index < -0.39 is 14.0 Å². The number of carbonyl (C=O) groups excluding carboxylic acids is 2. The van der Waals surface area contributed by atoms with Gasteiger partial charge in [-0.15, -0.1) is 0 Å². The molecule has 0 aliphatic rings. The Morgan fingerprint density at radius 1 is 1.11 bits per heavy atom. The van der Waals surface area contributed by atoms with Crippen LogP contribution in [0.2, 0.25) is 25.7 Å². The summed E-state index contributed by atoms with van der Waals surface area (Å²) in [7, 11) is -1.19. The Morgan fingerprint density at radius 3 is 2.37 bits per heavy atom. The molecule has 2 aromatic rings. The van der Waals surface area contributed by atoms with Crippen molar-refractivity contribution in [1.82, 2.24) is 4.57 Å². The molecule has 0 bridgehead atoms. The molecule has 0 atom stereocenters. The van der Waals surface area contributed by atoms with Crippen LogP contribution in [0.1, 0.15) is 38.9 Å². The summed E-state index contributed by atoms with van der Waals surface area (Å²) < 4.78 is 12.7. The summed E-state index contributed by atoms with van der Waals surface area (Å²) in [4.78, 5) is 25.3. The maximum Gasteiger partial charge on any atom is 0.339 e. The fourth-order valence-electron chi connectivity index (χ4n) is 2.74. The molecule has 27 heavy (non-hydrogen) atoms. The molecule has 0 saturated carbocycles. The number of carbonyl (C=O) groups is 2. The van der Waals surface area contributed by atoms with Gasteiger partial charge in [-0.2, -0.15) is 0 Å². The fraction of sp³-hybridized carbons (Fsp3) is 0.429. The van der Waals surface area contributed by atoms with E-state index in [9.17, 15) is 9.59 Å². The van der Waals surface area contributed by atoms with Gasteiger partial charge in [0.25, 0.3) is 0 Å². The van der Waals surface area contributed by atoms with Crippen molar-refractivity contribution in [3.05, 3.63) is 58.9 Å². The summed E-state index contributed by atoms with van der Waals surface area (Å²) in [6, 6.07) is 10.1. The lowest BCUT2D eigenvalue weighted by Gasteiger charge is -2.16. The van der Waals surface area contributed by atoms with Gasteiger partial charge in [-0.25, -0.2) is 4.79 Å². The van der Waals surface area contributed by atoms with E-state index in [0.29, 0.717) is 29.0 Å². The van der Waals surface area contributed by atoms with Gasteiger partial charge in [0.1, 0.15) is 6.73 Å². The lowest BCUT2D eigenvalue weighted by Crippen LogP contribution is -2.22. The number of hydrogen-bond donors (Lipinski definition) is 0. The Balaban J connectivity index is 2.31. The van der Waals surface area contributed by atoms with Crippen molar-refractivity contribution in [3.8, 4) is 0 Å². The summed E-state index contributed by atoms with van der Waals surface area (Å²) >= 11 is 0. The molecule has 6 heteroatoms. The molecule has 0 aliphatic carbocycles. The highest BCUT2D eigenvalue weighted by atomic mass is 28.3. The van der Waals surface area contributed by atoms with Gasteiger partial charge in [0.05, 0.1) is 17.9 Å². The Morgan fingerprint density at radius 2 is 1.78 bits per heavy atom. The highest BCUT2D eigenvalue weighted by Crippen LogP contribution is 2.22. The monoisotopic (exact) mass is 387 g/mol. The van der Waals surface area contributed by atoms with E-state index in [1.165, 1.54) is 0 Å². The van der Waals surface area contributed by atoms with E-state index in [1.807, 2.05) is 18.2 Å². The Bertz CT molecular complexity index is 791. The van der Waals surface area contributed by atoms with Gasteiger partial charge in [0.2, 0.25) is 5.78 Å². The molecular weight excluding hydrogens is 358 g/mol. The van der Waals surface area contributed by atoms with Crippen LogP contribution in [0.4, 0.5) is 0 Å². The standard InChI is InChI=1S/C21H29NO4Si/c1-6-26-21(24)18-14-22(15-25-12-13-27(3,4)5)19(16(18)2)20(23)17-10-8-7-9-11-17/h7-11,14H,6,12-13,15H2,1-5H3. The average molecular weight is 388 g/mol. The van der Waals surface area contributed by atoms with E-state index in [4.69, 9.17) is 9.47 Å². The van der Waals surface area contributed by atoms with Crippen LogP contribution in [0.5, 0.6) is 0 Å². The number of esters is 1. The Labute approximate surface area is 162 Å². The normalized spacial score (nSPS) is 11.4. The molecular formula is C21H29NO4Si. The molecule has 1 heterocycles. The third kappa shape index (κ3) is 5.64. The van der Waals surface area contributed by atoms with Crippen molar-refractivity contribution < 1.29 is 19.1 Å². The minimum Gasteiger partial charge on any atom is -0.462 e. The zero-order valence-electron chi connectivity index (χ0n) is 16.9. The van der Waals surface area contributed by atoms with Gasteiger partial charge in [-0.1, -0.05) is 50.0 Å². The Hall–Kier alpha value is -2.18. The van der Waals surface area contributed by atoms with E-state index in [1.54, 1.807) is 36.7 Å². The SMILES string of the molecule is CCOC(=O)c1cn(COCC[Si](C)(C)C)c(C(=O)c2ccccc2)c1C. The molecule has 0 radical (unpaired) electrons. The number of aromatic nitrogens is 1. The number of hydrogen-bond acceptors (Lipinski definition) is 4. The van der Waals surface area contributed by atoms with Gasteiger partial charge in [0.15, 0.2) is 0 Å². The van der Waals surface area contributed by atoms with Crippen LogP contribution in [-0.2, 0) is 16.2 Å². The predicted molar refractivity (Wildman–Crippen MR) is 109 cm³/mol. The highest BCUT2D eigenvalue weighted by Gasteiger charge is 2.24. The molecule has 0 amide bonds. The van der Waals surface area contributed by atoms with Crippen LogP contribution < -0.4 is 0 Å². The van der Waals surface area contributed by atoms with Crippen molar-refractivity contribution in [3.63, 3.8) is 0 Å². The van der Waals surface area contributed by atoms with Gasteiger partial charge < -0.3 is 14.0 Å². The van der Waals surface area contributed by atoms with E-state index in [2.05, 4.69) is 19.6 Å². The molecule has 5 nitrogen and oxygen atoms in total. The van der Waals surface area contributed by atoms with Gasteiger partial charge >= 0.3 is 5.97 Å². The lowest BCUT2D eigenvalue weighted by atomic mass is 10.0. The van der Waals surface area contributed by atoms with E-state index in [0.717, 1.165) is 6.04 Å². The Kier molecular flexibility index (Phi) is 7.16. The summed E-state index contributed by atoms with van der Waals surface area (Å²) in [5.74, 6) is -0.546.